The molecule has 45 heavy (non-hydrogen) atoms. The SMILES string of the molecule is Cc1nc2c(F)cc(-c3nc(Nc4ccc(C5CCN(CCCCCCC(=O)NO)CC5)cn4)ncc3F)cc2n1C(C)C.Cl. The number of imidazole rings is 1. The van der Waals surface area contributed by atoms with Crippen LogP contribution in [0.4, 0.5) is 20.5 Å². The minimum absolute atomic E-state index is 0. The number of likely N-dealkylation sites (tertiary alicyclic amines) is 1. The van der Waals surface area contributed by atoms with Gasteiger partial charge < -0.3 is 14.8 Å². The zero-order valence-corrected chi connectivity index (χ0v) is 26.7. The van der Waals surface area contributed by atoms with Crippen LogP contribution in [0.15, 0.2) is 36.7 Å². The number of anilines is 2. The molecule has 0 spiro atoms. The summed E-state index contributed by atoms with van der Waals surface area (Å²) in [7, 11) is 0. The lowest BCUT2D eigenvalue weighted by molar-refractivity contribution is -0.129. The number of aromatic nitrogens is 5. The Hall–Kier alpha value is -3.74. The Kier molecular flexibility index (Phi) is 11.8. The minimum atomic E-state index is -0.650. The number of hydrogen-bond donors (Lipinski definition) is 3. The van der Waals surface area contributed by atoms with Gasteiger partial charge in [-0.15, -0.1) is 12.4 Å². The number of rotatable bonds is 12. The van der Waals surface area contributed by atoms with E-state index in [2.05, 4.69) is 36.2 Å². The summed E-state index contributed by atoms with van der Waals surface area (Å²) in [5, 5.41) is 11.6. The van der Waals surface area contributed by atoms with Crippen molar-refractivity contribution in [1.82, 2.24) is 34.9 Å². The standard InChI is InChI=1S/C32H40F2N8O2.ClH/c1-20(2)42-21(3)37-31-25(33)16-24(17-27(31)42)30-26(34)19-36-32(39-30)38-28-10-9-23(18-35-28)22-11-14-41(15-12-22)13-7-5-4-6-8-29(43)40-44;/h9-10,16-20,22,44H,4-8,11-15H2,1-3H3,(H,40,43)(H,35,36,38,39);1H. The molecule has 0 atom stereocenters. The van der Waals surface area contributed by atoms with Crippen LogP contribution >= 0.6 is 12.4 Å². The zero-order chi connectivity index (χ0) is 31.2. The van der Waals surface area contributed by atoms with Crippen molar-refractivity contribution in [1.29, 1.82) is 0 Å². The number of aryl methyl sites for hydroxylation is 1. The van der Waals surface area contributed by atoms with E-state index in [0.29, 0.717) is 35.1 Å². The molecular weight excluding hydrogens is 602 g/mol. The highest BCUT2D eigenvalue weighted by Crippen LogP contribution is 2.31. The highest BCUT2D eigenvalue weighted by atomic mass is 35.5. The number of nitrogens with zero attached hydrogens (tertiary/aromatic N) is 6. The van der Waals surface area contributed by atoms with E-state index in [1.807, 2.05) is 37.6 Å². The quantitative estimate of drug-likeness (QED) is 0.0871. The third kappa shape index (κ3) is 8.30. The van der Waals surface area contributed by atoms with Gasteiger partial charge in [0.05, 0.1) is 11.7 Å². The average Bonchev–Trinajstić information content (AvgIpc) is 3.37. The predicted molar refractivity (Wildman–Crippen MR) is 172 cm³/mol. The Labute approximate surface area is 268 Å². The summed E-state index contributed by atoms with van der Waals surface area (Å²) < 4.78 is 31.8. The van der Waals surface area contributed by atoms with Gasteiger partial charge in [0.25, 0.3) is 0 Å². The maximum atomic E-state index is 15.0. The van der Waals surface area contributed by atoms with Crippen LogP contribution in [0.2, 0.25) is 0 Å². The topological polar surface area (TPSA) is 121 Å². The maximum absolute atomic E-state index is 15.0. The molecule has 3 aromatic heterocycles. The van der Waals surface area contributed by atoms with Crippen molar-refractivity contribution >= 4 is 41.1 Å². The van der Waals surface area contributed by atoms with Crippen molar-refractivity contribution in [2.75, 3.05) is 25.0 Å². The lowest BCUT2D eigenvalue weighted by Gasteiger charge is -2.32. The fraction of sp³-hybridized carbons (Fsp3) is 0.469. The summed E-state index contributed by atoms with van der Waals surface area (Å²) in [5.74, 6) is 0.326. The number of unbranched alkanes of at least 4 members (excludes halogenated alkanes) is 3. The van der Waals surface area contributed by atoms with Gasteiger partial charge in [-0.25, -0.2) is 34.2 Å². The number of carbonyl (C=O) groups is 1. The second-order valence-electron chi connectivity index (χ2n) is 11.8. The highest BCUT2D eigenvalue weighted by Gasteiger charge is 2.21. The largest absolute Gasteiger partial charge is 0.326 e. The van der Waals surface area contributed by atoms with E-state index in [9.17, 15) is 9.18 Å². The molecule has 1 aliphatic rings. The van der Waals surface area contributed by atoms with Crippen LogP contribution in [0.25, 0.3) is 22.3 Å². The van der Waals surface area contributed by atoms with Crippen LogP contribution in [0.3, 0.4) is 0 Å². The highest BCUT2D eigenvalue weighted by molar-refractivity contribution is 5.85. The number of hydroxylamine groups is 1. The van der Waals surface area contributed by atoms with Gasteiger partial charge in [0.1, 0.15) is 22.9 Å². The number of pyridine rings is 1. The zero-order valence-electron chi connectivity index (χ0n) is 25.9. The number of nitrogens with one attached hydrogen (secondary N) is 2. The summed E-state index contributed by atoms with van der Waals surface area (Å²) in [6, 6.07) is 6.96. The van der Waals surface area contributed by atoms with Crippen LogP contribution in [0, 0.1) is 18.6 Å². The van der Waals surface area contributed by atoms with E-state index in [1.165, 1.54) is 11.6 Å². The summed E-state index contributed by atoms with van der Waals surface area (Å²) in [6.07, 6.45) is 9.40. The van der Waals surface area contributed by atoms with Gasteiger partial charge in [-0.05, 0) is 95.8 Å². The molecule has 1 aliphatic heterocycles. The summed E-state index contributed by atoms with van der Waals surface area (Å²) in [4.78, 5) is 30.9. The summed E-state index contributed by atoms with van der Waals surface area (Å²) >= 11 is 0. The number of hydrogen-bond acceptors (Lipinski definition) is 8. The van der Waals surface area contributed by atoms with Crippen molar-refractivity contribution in [3.05, 3.63) is 59.7 Å². The monoisotopic (exact) mass is 642 g/mol. The summed E-state index contributed by atoms with van der Waals surface area (Å²) in [6.45, 7) is 8.93. The number of benzene rings is 1. The molecule has 4 heterocycles. The van der Waals surface area contributed by atoms with Crippen LogP contribution < -0.4 is 10.8 Å². The number of piperidine rings is 1. The molecule has 10 nitrogen and oxygen atoms in total. The number of amides is 1. The Balaban J connectivity index is 0.00000461. The van der Waals surface area contributed by atoms with E-state index in [4.69, 9.17) is 5.21 Å². The van der Waals surface area contributed by atoms with Crippen molar-refractivity contribution in [3.8, 4) is 11.3 Å². The fourth-order valence-electron chi connectivity index (χ4n) is 6.04. The lowest BCUT2D eigenvalue weighted by Crippen LogP contribution is -2.33. The molecule has 5 rings (SSSR count). The molecule has 4 aromatic rings. The smallest absolute Gasteiger partial charge is 0.243 e. The first kappa shape index (κ1) is 34.1. The van der Waals surface area contributed by atoms with Crippen LogP contribution in [-0.4, -0.2) is 60.2 Å². The first-order chi connectivity index (χ1) is 21.2. The first-order valence-corrected chi connectivity index (χ1v) is 15.3. The second-order valence-corrected chi connectivity index (χ2v) is 11.8. The van der Waals surface area contributed by atoms with Crippen molar-refractivity contribution in [2.24, 2.45) is 0 Å². The molecule has 1 fully saturated rings. The number of halogens is 3. The van der Waals surface area contributed by atoms with Crippen molar-refractivity contribution in [3.63, 3.8) is 0 Å². The van der Waals surface area contributed by atoms with E-state index in [1.54, 1.807) is 11.5 Å². The Morgan fingerprint density at radius 3 is 2.47 bits per heavy atom. The van der Waals surface area contributed by atoms with E-state index >= 15 is 4.39 Å². The third-order valence-corrected chi connectivity index (χ3v) is 8.30. The van der Waals surface area contributed by atoms with Crippen LogP contribution in [-0.2, 0) is 4.79 Å². The molecule has 1 saturated heterocycles. The van der Waals surface area contributed by atoms with Gasteiger partial charge in [0.15, 0.2) is 11.6 Å². The van der Waals surface area contributed by atoms with E-state index in [-0.39, 0.29) is 41.5 Å². The Morgan fingerprint density at radius 1 is 1.02 bits per heavy atom. The molecule has 0 aliphatic carbocycles. The Morgan fingerprint density at radius 2 is 1.78 bits per heavy atom. The molecular formula is C32H41ClF2N8O2. The second kappa shape index (κ2) is 15.5. The van der Waals surface area contributed by atoms with Gasteiger partial charge in [-0.1, -0.05) is 18.9 Å². The van der Waals surface area contributed by atoms with E-state index in [0.717, 1.165) is 64.4 Å². The van der Waals surface area contributed by atoms with Gasteiger partial charge >= 0.3 is 0 Å². The molecule has 1 aromatic carbocycles. The van der Waals surface area contributed by atoms with Crippen molar-refractivity contribution < 1.29 is 18.8 Å². The third-order valence-electron chi connectivity index (χ3n) is 8.30. The van der Waals surface area contributed by atoms with Gasteiger partial charge in [0, 0.05) is 24.2 Å². The average molecular weight is 643 g/mol. The predicted octanol–water partition coefficient (Wildman–Crippen LogP) is 6.86. The maximum Gasteiger partial charge on any atom is 0.243 e. The fourth-order valence-corrected chi connectivity index (χ4v) is 6.04. The van der Waals surface area contributed by atoms with Gasteiger partial charge in [0.2, 0.25) is 11.9 Å². The molecule has 13 heteroatoms. The normalized spacial score (nSPS) is 14.1. The van der Waals surface area contributed by atoms with Crippen LogP contribution in [0.1, 0.15) is 82.1 Å². The molecule has 0 saturated carbocycles. The minimum Gasteiger partial charge on any atom is -0.326 e. The molecule has 1 amide bonds. The number of carbonyl (C=O) groups excluding carboxylic acids is 1. The van der Waals surface area contributed by atoms with Gasteiger partial charge in [-0.3, -0.25) is 10.0 Å². The number of fused-ring (bicyclic) bond motifs is 1. The summed E-state index contributed by atoms with van der Waals surface area (Å²) in [5.41, 5.74) is 3.99. The van der Waals surface area contributed by atoms with E-state index < -0.39 is 11.6 Å². The van der Waals surface area contributed by atoms with Gasteiger partial charge in [-0.2, -0.15) is 0 Å². The van der Waals surface area contributed by atoms with Crippen LogP contribution in [0.5, 0.6) is 0 Å². The molecule has 0 bridgehead atoms. The first-order valence-electron chi connectivity index (χ1n) is 15.3. The molecule has 242 valence electrons. The Bertz CT molecular complexity index is 1590. The molecule has 3 N–H and O–H groups in total. The lowest BCUT2D eigenvalue weighted by atomic mass is 9.90. The van der Waals surface area contributed by atoms with Crippen molar-refractivity contribution in [2.45, 2.75) is 77.7 Å². The molecule has 0 radical (unpaired) electrons. The molecule has 0 unspecified atom stereocenters.